The van der Waals surface area contributed by atoms with Crippen LogP contribution in [-0.2, 0) is 36.7 Å². The molecule has 0 aliphatic carbocycles. The predicted octanol–water partition coefficient (Wildman–Crippen LogP) is 12.7. The topological polar surface area (TPSA) is 63.3 Å². The number of fused-ring (bicyclic) bond motifs is 4. The molecule has 3 aromatic carbocycles. The third-order valence-corrected chi connectivity index (χ3v) is 10.5. The van der Waals surface area contributed by atoms with Gasteiger partial charge in [-0.05, 0) is 55.2 Å². The van der Waals surface area contributed by atoms with Crippen LogP contribution in [0.5, 0.6) is 0 Å². The first kappa shape index (κ1) is 40.2. The summed E-state index contributed by atoms with van der Waals surface area (Å²) in [7, 11) is 0. The number of nitrogens with zero attached hydrogens (tertiary/aromatic N) is 1. The molecule has 2 heterocycles. The van der Waals surface area contributed by atoms with Gasteiger partial charge in [-0.25, -0.2) is 0 Å². The number of carbonyl (C=O) groups is 1. The quantitative estimate of drug-likeness (QED) is 0.0864. The first-order valence-corrected chi connectivity index (χ1v) is 17.8. The summed E-state index contributed by atoms with van der Waals surface area (Å²) in [5.41, 5.74) is 4.57. The van der Waals surface area contributed by atoms with Crippen LogP contribution in [0.25, 0.3) is 43.9 Å². The van der Waals surface area contributed by atoms with Gasteiger partial charge in [-0.1, -0.05) is 117 Å². The van der Waals surface area contributed by atoms with Gasteiger partial charge in [0.1, 0.15) is 17.1 Å². The summed E-state index contributed by atoms with van der Waals surface area (Å²) in [6.07, 6.45) is 5.67. The largest absolute Gasteiger partial charge is 0.512 e. The van der Waals surface area contributed by atoms with Gasteiger partial charge < -0.3 is 9.52 Å². The number of carbonyl (C=O) groups excluding carboxylic acids is 1. The molecule has 0 saturated heterocycles. The maximum atomic E-state index is 12.2. The second-order valence-electron chi connectivity index (χ2n) is 15.4. The molecule has 0 fully saturated rings. The van der Waals surface area contributed by atoms with Crippen molar-refractivity contribution in [2.75, 3.05) is 0 Å². The van der Waals surface area contributed by atoms with Gasteiger partial charge in [0.05, 0.1) is 5.52 Å². The number of aliphatic hydroxyl groups excluding tert-OH is 1. The Kier molecular flexibility index (Phi) is 13.3. The van der Waals surface area contributed by atoms with Crippen LogP contribution in [0.3, 0.4) is 0 Å². The Morgan fingerprint density at radius 2 is 1.41 bits per heavy atom. The van der Waals surface area contributed by atoms with Gasteiger partial charge in [-0.3, -0.25) is 9.78 Å². The minimum atomic E-state index is -0.337. The normalized spacial score (nSPS) is 12.7. The van der Waals surface area contributed by atoms with Crippen LogP contribution < -0.4 is 0 Å². The zero-order chi connectivity index (χ0) is 35.4. The van der Waals surface area contributed by atoms with Crippen molar-refractivity contribution < 1.29 is 34.4 Å². The summed E-state index contributed by atoms with van der Waals surface area (Å²) >= 11 is 0. The van der Waals surface area contributed by atoms with Crippen LogP contribution in [0.2, 0.25) is 0 Å². The summed E-state index contributed by atoms with van der Waals surface area (Å²) in [6.45, 7) is 23.3. The molecule has 0 unspecified atom stereocenters. The van der Waals surface area contributed by atoms with Crippen molar-refractivity contribution in [3.63, 3.8) is 0 Å². The molecule has 0 aliphatic rings. The van der Waals surface area contributed by atoms with Gasteiger partial charge >= 0.3 is 0 Å². The monoisotopic (exact) mass is 839 g/mol. The van der Waals surface area contributed by atoms with Crippen LogP contribution in [0.1, 0.15) is 113 Å². The molecule has 1 N–H and O–H groups in total. The molecular weight excluding hydrogens is 783 g/mol. The van der Waals surface area contributed by atoms with Crippen LogP contribution in [-0.4, -0.2) is 15.9 Å². The number of furan rings is 1. The van der Waals surface area contributed by atoms with Gasteiger partial charge in [-0.15, -0.1) is 29.1 Å². The van der Waals surface area contributed by atoms with Gasteiger partial charge in [0, 0.05) is 59.9 Å². The number of aromatic nitrogens is 1. The number of ketones is 1. The van der Waals surface area contributed by atoms with E-state index in [4.69, 9.17) is 9.40 Å². The van der Waals surface area contributed by atoms with Crippen molar-refractivity contribution in [2.45, 2.75) is 114 Å². The maximum absolute atomic E-state index is 12.2. The third-order valence-electron chi connectivity index (χ3n) is 10.5. The summed E-state index contributed by atoms with van der Waals surface area (Å²) in [5, 5.41) is 14.6. The van der Waals surface area contributed by atoms with Crippen molar-refractivity contribution >= 4 is 38.4 Å². The zero-order valence-corrected chi connectivity index (χ0v) is 33.9. The minimum Gasteiger partial charge on any atom is -0.512 e. The first-order chi connectivity index (χ1) is 22.6. The molecule has 0 bridgehead atoms. The molecule has 4 nitrogen and oxygen atoms in total. The van der Waals surface area contributed by atoms with Crippen molar-refractivity contribution in [3.8, 4) is 11.3 Å². The van der Waals surface area contributed by atoms with Gasteiger partial charge in [0.25, 0.3) is 0 Å². The van der Waals surface area contributed by atoms with E-state index in [0.717, 1.165) is 76.4 Å². The summed E-state index contributed by atoms with van der Waals surface area (Å²) in [4.78, 5) is 17.3. The van der Waals surface area contributed by atoms with Crippen molar-refractivity contribution in [2.24, 2.45) is 16.7 Å². The number of allylic oxidation sites excluding steroid dienone is 2. The van der Waals surface area contributed by atoms with Crippen molar-refractivity contribution in [1.82, 2.24) is 4.98 Å². The van der Waals surface area contributed by atoms with E-state index in [1.165, 1.54) is 17.0 Å². The van der Waals surface area contributed by atoms with Crippen LogP contribution in [0.15, 0.2) is 76.9 Å². The van der Waals surface area contributed by atoms with E-state index in [0.29, 0.717) is 5.92 Å². The Hall–Kier alpha value is -3.27. The number of rotatable bonds is 10. The molecule has 5 rings (SSSR count). The first-order valence-electron chi connectivity index (χ1n) is 17.8. The average Bonchev–Trinajstić information content (AvgIpc) is 3.49. The summed E-state index contributed by atoms with van der Waals surface area (Å²) in [5.74, 6) is 1.83. The molecular formula is C44H56IrNO3-. The van der Waals surface area contributed by atoms with Gasteiger partial charge in [0.2, 0.25) is 0 Å². The van der Waals surface area contributed by atoms with Crippen molar-refractivity contribution in [3.05, 3.63) is 89.9 Å². The minimum absolute atomic E-state index is 0. The second-order valence-corrected chi connectivity index (χ2v) is 15.4. The Morgan fingerprint density at radius 3 is 1.98 bits per heavy atom. The zero-order valence-electron chi connectivity index (χ0n) is 31.5. The fourth-order valence-corrected chi connectivity index (χ4v) is 6.13. The fraction of sp³-hybridized carbons (Fsp3) is 0.455. The van der Waals surface area contributed by atoms with E-state index >= 15 is 0 Å². The molecule has 5 aromatic rings. The van der Waals surface area contributed by atoms with E-state index in [1.807, 2.05) is 53.7 Å². The molecule has 265 valence electrons. The molecule has 0 atom stereocenters. The Bertz CT molecular complexity index is 1920. The smallest absolute Gasteiger partial charge is 0.164 e. The number of pyridine rings is 1. The number of hydrogen-bond donors (Lipinski definition) is 1. The maximum Gasteiger partial charge on any atom is 0.164 e. The van der Waals surface area contributed by atoms with E-state index < -0.39 is 0 Å². The molecule has 0 amide bonds. The molecule has 0 spiro atoms. The van der Waals surface area contributed by atoms with E-state index in [-0.39, 0.29) is 47.9 Å². The fourth-order valence-electron chi connectivity index (χ4n) is 6.13. The Morgan fingerprint density at radius 1 is 0.837 bits per heavy atom. The molecule has 5 heteroatoms. The van der Waals surface area contributed by atoms with Crippen LogP contribution >= 0.6 is 0 Å². The summed E-state index contributed by atoms with van der Waals surface area (Å²) < 4.78 is 6.39. The number of benzene rings is 3. The van der Waals surface area contributed by atoms with E-state index in [9.17, 15) is 9.90 Å². The third kappa shape index (κ3) is 8.73. The van der Waals surface area contributed by atoms with Crippen LogP contribution in [0, 0.1) is 22.8 Å². The average molecular weight is 839 g/mol. The molecule has 2 aromatic heterocycles. The molecule has 1 radical (unpaired) electrons. The van der Waals surface area contributed by atoms with E-state index in [1.54, 1.807) is 0 Å². The van der Waals surface area contributed by atoms with Crippen molar-refractivity contribution in [1.29, 1.82) is 0 Å². The van der Waals surface area contributed by atoms with E-state index in [2.05, 4.69) is 89.2 Å². The molecule has 0 saturated carbocycles. The van der Waals surface area contributed by atoms with Gasteiger partial charge in [-0.2, -0.15) is 0 Å². The molecule has 0 aliphatic heterocycles. The number of para-hydroxylation sites is 1. The van der Waals surface area contributed by atoms with Gasteiger partial charge in [0.15, 0.2) is 5.78 Å². The Balaban J connectivity index is 0.000000312. The SMILES string of the molecule is CC(C)Cc1cc2c(-c3[c-]c4ccccc4c(C(C)(C)C)c3)nc3ccccc3c2o1.CCC(C)(CC)C(=O)/C=C(\O)C(C)(CC)CC.[Ir]. The second kappa shape index (κ2) is 16.2. The Labute approximate surface area is 308 Å². The molecule has 49 heavy (non-hydrogen) atoms. The predicted molar refractivity (Wildman–Crippen MR) is 204 cm³/mol. The van der Waals surface area contributed by atoms with Crippen LogP contribution in [0.4, 0.5) is 0 Å². The standard InChI is InChI=1S/C29H28NO.C15H28O2.Ir/c1-18(2)14-21-17-24-27(30-26-13-9-8-12-23(26)28(24)31-21)20-15-19-10-6-7-11-22(19)25(16-20)29(3,4)5;1-7-14(5,8-2)12(16)11-13(17)15(6,9-3)10-4;/h6-13,16-18H,14H2,1-5H3;11,16H,7-10H2,1-6H3;/q-1;;/b;12-11-;. The number of aliphatic hydroxyl groups is 1. The summed E-state index contributed by atoms with van der Waals surface area (Å²) in [6, 6.07) is 24.9. The number of hydrogen-bond acceptors (Lipinski definition) is 4.